The summed E-state index contributed by atoms with van der Waals surface area (Å²) in [6.07, 6.45) is 1.07. The summed E-state index contributed by atoms with van der Waals surface area (Å²) in [6.45, 7) is -0.125. The first kappa shape index (κ1) is 14.1. The zero-order valence-electron chi connectivity index (χ0n) is 11.5. The summed E-state index contributed by atoms with van der Waals surface area (Å²) in [7, 11) is -3.39. The molecule has 0 aromatic heterocycles. The first-order valence-corrected chi connectivity index (χ1v) is 8.57. The topological polar surface area (TPSA) is 66.4 Å². The van der Waals surface area contributed by atoms with Crippen LogP contribution in [0.2, 0.25) is 0 Å². The first-order chi connectivity index (χ1) is 10.1. The number of fused-ring (bicyclic) bond motifs is 3. The van der Waals surface area contributed by atoms with E-state index in [9.17, 15) is 8.42 Å². The summed E-state index contributed by atoms with van der Waals surface area (Å²) in [6, 6.07) is 13.9. The molecule has 4 nitrogen and oxygen atoms in total. The van der Waals surface area contributed by atoms with Crippen molar-refractivity contribution in [2.45, 2.75) is 12.8 Å². The molecule has 0 unspecified atom stereocenters. The first-order valence-electron chi connectivity index (χ1n) is 6.91. The van der Waals surface area contributed by atoms with Gasteiger partial charge in [-0.05, 0) is 47.2 Å². The van der Waals surface area contributed by atoms with Crippen LogP contribution in [0.1, 0.15) is 17.5 Å². The van der Waals surface area contributed by atoms with Crippen molar-refractivity contribution in [3.05, 3.63) is 53.6 Å². The highest BCUT2D eigenvalue weighted by Crippen LogP contribution is 2.37. The van der Waals surface area contributed by atoms with Crippen LogP contribution in [0.3, 0.4) is 0 Å². The minimum atomic E-state index is -3.39. The van der Waals surface area contributed by atoms with Gasteiger partial charge in [-0.25, -0.2) is 8.42 Å². The van der Waals surface area contributed by atoms with Gasteiger partial charge in [-0.2, -0.15) is 0 Å². The predicted molar refractivity (Wildman–Crippen MR) is 83.8 cm³/mol. The molecule has 1 aliphatic carbocycles. The molecular weight excluding hydrogens is 286 g/mol. The molecule has 2 aromatic carbocycles. The Morgan fingerprint density at radius 2 is 1.81 bits per heavy atom. The molecule has 0 aliphatic heterocycles. The van der Waals surface area contributed by atoms with Crippen molar-refractivity contribution in [3.63, 3.8) is 0 Å². The standard InChI is InChI=1S/C16H17NO3S/c18-8-3-9-21(19,20)17-14-6-7-16-13(11-14)10-12-4-1-2-5-15(12)16/h1-2,4-7,11,17-18H,3,8-10H2. The van der Waals surface area contributed by atoms with Crippen LogP contribution in [-0.4, -0.2) is 25.9 Å². The van der Waals surface area contributed by atoms with E-state index in [0.717, 1.165) is 12.0 Å². The Labute approximate surface area is 124 Å². The minimum Gasteiger partial charge on any atom is -0.396 e. The third-order valence-corrected chi connectivity index (χ3v) is 5.01. The molecule has 5 heteroatoms. The van der Waals surface area contributed by atoms with Gasteiger partial charge in [-0.15, -0.1) is 0 Å². The summed E-state index contributed by atoms with van der Waals surface area (Å²) >= 11 is 0. The highest BCUT2D eigenvalue weighted by atomic mass is 32.2. The summed E-state index contributed by atoms with van der Waals surface area (Å²) in [4.78, 5) is 0. The van der Waals surface area contributed by atoms with E-state index in [4.69, 9.17) is 5.11 Å². The van der Waals surface area contributed by atoms with Crippen LogP contribution in [0, 0.1) is 0 Å². The molecule has 0 saturated carbocycles. The second-order valence-electron chi connectivity index (χ2n) is 5.20. The lowest BCUT2D eigenvalue weighted by atomic mass is 10.1. The normalized spacial score (nSPS) is 12.8. The third kappa shape index (κ3) is 2.94. The van der Waals surface area contributed by atoms with Crippen molar-refractivity contribution in [2.24, 2.45) is 0 Å². The van der Waals surface area contributed by atoms with Gasteiger partial charge in [0.25, 0.3) is 0 Å². The highest BCUT2D eigenvalue weighted by Gasteiger charge is 2.19. The number of hydrogen-bond acceptors (Lipinski definition) is 3. The van der Waals surface area contributed by atoms with Crippen molar-refractivity contribution in [1.82, 2.24) is 0 Å². The van der Waals surface area contributed by atoms with Gasteiger partial charge < -0.3 is 5.11 Å². The van der Waals surface area contributed by atoms with Crippen molar-refractivity contribution in [2.75, 3.05) is 17.1 Å². The molecule has 0 atom stereocenters. The SMILES string of the molecule is O=S(=O)(CCCO)Nc1ccc2c(c1)Cc1ccccc1-2. The van der Waals surface area contributed by atoms with Gasteiger partial charge in [-0.3, -0.25) is 4.72 Å². The fourth-order valence-corrected chi connectivity index (χ4v) is 3.79. The van der Waals surface area contributed by atoms with Crippen molar-refractivity contribution in [3.8, 4) is 11.1 Å². The molecule has 21 heavy (non-hydrogen) atoms. The van der Waals surface area contributed by atoms with E-state index < -0.39 is 10.0 Å². The maximum Gasteiger partial charge on any atom is 0.232 e. The van der Waals surface area contributed by atoms with Gasteiger partial charge in [0, 0.05) is 12.3 Å². The Morgan fingerprint density at radius 1 is 1.05 bits per heavy atom. The fraction of sp³-hybridized carbons (Fsp3) is 0.250. The Bertz CT molecular complexity index is 769. The second kappa shape index (κ2) is 5.50. The molecule has 0 amide bonds. The predicted octanol–water partition coefficient (Wildman–Crippen LogP) is 2.38. The second-order valence-corrected chi connectivity index (χ2v) is 7.05. The molecule has 0 heterocycles. The number of rotatable bonds is 5. The van der Waals surface area contributed by atoms with Crippen LogP contribution < -0.4 is 4.72 Å². The monoisotopic (exact) mass is 303 g/mol. The smallest absolute Gasteiger partial charge is 0.232 e. The van der Waals surface area contributed by atoms with Crippen molar-refractivity contribution < 1.29 is 13.5 Å². The van der Waals surface area contributed by atoms with Crippen LogP contribution >= 0.6 is 0 Å². The maximum absolute atomic E-state index is 11.9. The lowest BCUT2D eigenvalue weighted by Crippen LogP contribution is -2.17. The number of nitrogens with one attached hydrogen (secondary N) is 1. The van der Waals surface area contributed by atoms with E-state index in [2.05, 4.69) is 16.9 Å². The van der Waals surface area contributed by atoms with Gasteiger partial charge in [-0.1, -0.05) is 30.3 Å². The Morgan fingerprint density at radius 3 is 2.62 bits per heavy atom. The lowest BCUT2D eigenvalue weighted by Gasteiger charge is -2.09. The molecule has 2 N–H and O–H groups in total. The summed E-state index contributed by atoms with van der Waals surface area (Å²) in [5.74, 6) is -0.0686. The largest absolute Gasteiger partial charge is 0.396 e. The summed E-state index contributed by atoms with van der Waals surface area (Å²) in [5, 5.41) is 8.73. The molecule has 0 radical (unpaired) electrons. The number of hydrogen-bond donors (Lipinski definition) is 2. The third-order valence-electron chi connectivity index (χ3n) is 3.64. The number of sulfonamides is 1. The minimum absolute atomic E-state index is 0.0686. The molecule has 0 bridgehead atoms. The van der Waals surface area contributed by atoms with Gasteiger partial charge in [0.2, 0.25) is 10.0 Å². The molecule has 0 saturated heterocycles. The summed E-state index contributed by atoms with van der Waals surface area (Å²) < 4.78 is 26.3. The van der Waals surface area contributed by atoms with E-state index >= 15 is 0 Å². The molecule has 1 aliphatic rings. The quantitative estimate of drug-likeness (QED) is 0.760. The summed E-state index contributed by atoms with van der Waals surface area (Å²) in [5.41, 5.74) is 5.39. The van der Waals surface area contributed by atoms with Gasteiger partial charge >= 0.3 is 0 Å². The molecule has 2 aromatic rings. The van der Waals surface area contributed by atoms with E-state index in [1.807, 2.05) is 24.3 Å². The number of aliphatic hydroxyl groups is 1. The van der Waals surface area contributed by atoms with Crippen LogP contribution in [0.15, 0.2) is 42.5 Å². The van der Waals surface area contributed by atoms with Crippen molar-refractivity contribution >= 4 is 15.7 Å². The van der Waals surface area contributed by atoms with Gasteiger partial charge in [0.05, 0.1) is 5.75 Å². The molecule has 110 valence electrons. The molecule has 0 fully saturated rings. The number of anilines is 1. The lowest BCUT2D eigenvalue weighted by molar-refractivity contribution is 0.295. The highest BCUT2D eigenvalue weighted by molar-refractivity contribution is 7.92. The zero-order chi connectivity index (χ0) is 14.9. The average molecular weight is 303 g/mol. The Kier molecular flexibility index (Phi) is 3.69. The van der Waals surface area contributed by atoms with Crippen LogP contribution in [-0.2, 0) is 16.4 Å². The van der Waals surface area contributed by atoms with E-state index in [1.165, 1.54) is 16.7 Å². The van der Waals surface area contributed by atoms with E-state index in [1.54, 1.807) is 6.07 Å². The fourth-order valence-electron chi connectivity index (χ4n) is 2.69. The van der Waals surface area contributed by atoms with Gasteiger partial charge in [0.1, 0.15) is 0 Å². The van der Waals surface area contributed by atoms with E-state index in [-0.39, 0.29) is 18.8 Å². The molecule has 0 spiro atoms. The Hall–Kier alpha value is -1.85. The van der Waals surface area contributed by atoms with Crippen LogP contribution in [0.5, 0.6) is 0 Å². The molecule has 3 rings (SSSR count). The molecular formula is C16H17NO3S. The average Bonchev–Trinajstić information content (AvgIpc) is 2.82. The zero-order valence-corrected chi connectivity index (χ0v) is 12.4. The number of aliphatic hydroxyl groups excluding tert-OH is 1. The Balaban J connectivity index is 1.84. The van der Waals surface area contributed by atoms with Crippen LogP contribution in [0.4, 0.5) is 5.69 Å². The maximum atomic E-state index is 11.9. The van der Waals surface area contributed by atoms with Gasteiger partial charge in [0.15, 0.2) is 0 Å². The number of benzene rings is 2. The van der Waals surface area contributed by atoms with E-state index in [0.29, 0.717) is 5.69 Å². The van der Waals surface area contributed by atoms with Crippen molar-refractivity contribution in [1.29, 1.82) is 0 Å². The van der Waals surface area contributed by atoms with Crippen LogP contribution in [0.25, 0.3) is 11.1 Å².